The molecule has 1 aliphatic heterocycles. The fraction of sp³-hybridized carbons (Fsp3) is 0.750. The molecule has 0 atom stereocenters. The first-order valence-electron chi connectivity index (χ1n) is 4.08. The van der Waals surface area contributed by atoms with Crippen molar-refractivity contribution in [3.63, 3.8) is 0 Å². The minimum atomic E-state index is 0.651. The molecule has 0 aromatic rings. The van der Waals surface area contributed by atoms with Crippen LogP contribution in [0.1, 0.15) is 13.8 Å². The van der Waals surface area contributed by atoms with E-state index in [1.54, 1.807) is 0 Å². The minimum Gasteiger partial charge on any atom is -0.386 e. The Bertz CT molecular complexity index is 109. The van der Waals surface area contributed by atoms with Gasteiger partial charge in [-0.05, 0) is 0 Å². The first-order chi connectivity index (χ1) is 5.30. The van der Waals surface area contributed by atoms with E-state index in [4.69, 9.17) is 10.5 Å². The van der Waals surface area contributed by atoms with Gasteiger partial charge in [0.15, 0.2) is 0 Å². The maximum absolute atomic E-state index is 5.44. The number of ether oxygens (including phenoxy) is 1. The molecule has 11 heavy (non-hydrogen) atoms. The Labute approximate surface area is 68.8 Å². The summed E-state index contributed by atoms with van der Waals surface area (Å²) in [4.78, 5) is 2.02. The van der Waals surface area contributed by atoms with E-state index in [1.165, 1.54) is 0 Å². The standard InChI is InChI=1S/C6H12N2O.C2H6/c1-6(7)8-2-4-9-5-3-8;1-2/h1-5,7H2;1-2H3. The number of hydrogen-bond acceptors (Lipinski definition) is 3. The van der Waals surface area contributed by atoms with Crippen molar-refractivity contribution in [1.82, 2.24) is 4.90 Å². The molecule has 0 aliphatic carbocycles. The lowest BCUT2D eigenvalue weighted by Crippen LogP contribution is -2.37. The largest absolute Gasteiger partial charge is 0.386 e. The van der Waals surface area contributed by atoms with Gasteiger partial charge in [-0.2, -0.15) is 0 Å². The van der Waals surface area contributed by atoms with E-state index < -0.39 is 0 Å². The Morgan fingerprint density at radius 1 is 1.36 bits per heavy atom. The van der Waals surface area contributed by atoms with Crippen molar-refractivity contribution >= 4 is 0 Å². The third-order valence-corrected chi connectivity index (χ3v) is 1.42. The van der Waals surface area contributed by atoms with Gasteiger partial charge in [0.2, 0.25) is 0 Å². The second kappa shape index (κ2) is 6.04. The first kappa shape index (κ1) is 10.3. The van der Waals surface area contributed by atoms with Gasteiger partial charge in [0.05, 0.1) is 19.0 Å². The fourth-order valence-corrected chi connectivity index (χ4v) is 0.851. The van der Waals surface area contributed by atoms with Crippen molar-refractivity contribution in [1.29, 1.82) is 0 Å². The monoisotopic (exact) mass is 158 g/mol. The summed E-state index contributed by atoms with van der Waals surface area (Å²) in [6.07, 6.45) is 0. The zero-order valence-electron chi connectivity index (χ0n) is 7.47. The van der Waals surface area contributed by atoms with E-state index in [0.717, 1.165) is 26.3 Å². The molecule has 0 aromatic heterocycles. The Morgan fingerprint density at radius 2 is 1.82 bits per heavy atom. The molecule has 0 bridgehead atoms. The van der Waals surface area contributed by atoms with Gasteiger partial charge in [0.1, 0.15) is 0 Å². The highest BCUT2D eigenvalue weighted by molar-refractivity contribution is 4.87. The minimum absolute atomic E-state index is 0.651. The lowest BCUT2D eigenvalue weighted by atomic mass is 10.4. The van der Waals surface area contributed by atoms with Crippen molar-refractivity contribution < 1.29 is 4.74 Å². The number of rotatable bonds is 1. The van der Waals surface area contributed by atoms with Crippen molar-refractivity contribution in [3.8, 4) is 0 Å². The van der Waals surface area contributed by atoms with Gasteiger partial charge in [0.25, 0.3) is 0 Å². The van der Waals surface area contributed by atoms with E-state index in [2.05, 4.69) is 6.58 Å². The number of nitrogens with zero attached hydrogens (tertiary/aromatic N) is 1. The van der Waals surface area contributed by atoms with E-state index >= 15 is 0 Å². The van der Waals surface area contributed by atoms with Gasteiger partial charge in [-0.25, -0.2) is 0 Å². The Morgan fingerprint density at radius 3 is 2.09 bits per heavy atom. The molecule has 3 nitrogen and oxygen atoms in total. The van der Waals surface area contributed by atoms with Crippen LogP contribution >= 0.6 is 0 Å². The molecule has 0 saturated carbocycles. The smallest absolute Gasteiger partial charge is 0.0913 e. The Hall–Kier alpha value is -0.700. The van der Waals surface area contributed by atoms with Gasteiger partial charge in [-0.3, -0.25) is 0 Å². The van der Waals surface area contributed by atoms with Crippen LogP contribution in [0.15, 0.2) is 12.4 Å². The molecule has 1 fully saturated rings. The summed E-state index contributed by atoms with van der Waals surface area (Å²) in [6.45, 7) is 10.9. The zero-order valence-corrected chi connectivity index (χ0v) is 7.47. The van der Waals surface area contributed by atoms with Crippen LogP contribution in [-0.4, -0.2) is 31.2 Å². The van der Waals surface area contributed by atoms with Crippen LogP contribution in [0.25, 0.3) is 0 Å². The summed E-state index contributed by atoms with van der Waals surface area (Å²) in [5.41, 5.74) is 5.44. The maximum Gasteiger partial charge on any atom is 0.0913 e. The Kier molecular flexibility index (Phi) is 5.65. The summed E-state index contributed by atoms with van der Waals surface area (Å²) < 4.78 is 5.11. The van der Waals surface area contributed by atoms with Crippen LogP contribution in [0.3, 0.4) is 0 Å². The van der Waals surface area contributed by atoms with Gasteiger partial charge in [0, 0.05) is 13.1 Å². The third-order valence-electron chi connectivity index (χ3n) is 1.42. The number of morpholine rings is 1. The van der Waals surface area contributed by atoms with Crippen LogP contribution in [0.2, 0.25) is 0 Å². The third kappa shape index (κ3) is 3.88. The summed E-state index contributed by atoms with van der Waals surface area (Å²) in [6, 6.07) is 0. The first-order valence-corrected chi connectivity index (χ1v) is 4.08. The van der Waals surface area contributed by atoms with Crippen LogP contribution in [0.5, 0.6) is 0 Å². The summed E-state index contributed by atoms with van der Waals surface area (Å²) >= 11 is 0. The molecule has 0 amide bonds. The van der Waals surface area contributed by atoms with E-state index in [1.807, 2.05) is 18.7 Å². The fourth-order valence-electron chi connectivity index (χ4n) is 0.851. The summed E-state index contributed by atoms with van der Waals surface area (Å²) in [5, 5.41) is 0. The maximum atomic E-state index is 5.44. The van der Waals surface area contributed by atoms with Crippen LogP contribution in [0, 0.1) is 0 Å². The molecular formula is C8H18N2O. The Balaban J connectivity index is 0.000000461. The quantitative estimate of drug-likeness (QED) is 0.612. The van der Waals surface area contributed by atoms with Gasteiger partial charge < -0.3 is 15.4 Å². The average molecular weight is 158 g/mol. The lowest BCUT2D eigenvalue weighted by Gasteiger charge is -2.27. The van der Waals surface area contributed by atoms with Crippen molar-refractivity contribution in [2.45, 2.75) is 13.8 Å². The highest BCUT2D eigenvalue weighted by Crippen LogP contribution is 1.98. The van der Waals surface area contributed by atoms with Crippen molar-refractivity contribution in [2.24, 2.45) is 5.73 Å². The average Bonchev–Trinajstić information content (AvgIpc) is 2.10. The second-order valence-corrected chi connectivity index (χ2v) is 2.09. The highest BCUT2D eigenvalue weighted by Gasteiger charge is 2.08. The molecular weight excluding hydrogens is 140 g/mol. The molecule has 66 valence electrons. The van der Waals surface area contributed by atoms with Crippen LogP contribution in [0.4, 0.5) is 0 Å². The number of hydrogen-bond donors (Lipinski definition) is 1. The van der Waals surface area contributed by atoms with Crippen molar-refractivity contribution in [3.05, 3.63) is 12.4 Å². The normalized spacial score (nSPS) is 16.7. The summed E-state index contributed by atoms with van der Waals surface area (Å²) in [5.74, 6) is 0.651. The van der Waals surface area contributed by atoms with Crippen LogP contribution in [-0.2, 0) is 4.74 Å². The molecule has 2 N–H and O–H groups in total. The highest BCUT2D eigenvalue weighted by atomic mass is 16.5. The summed E-state index contributed by atoms with van der Waals surface area (Å²) in [7, 11) is 0. The molecule has 1 aliphatic rings. The van der Waals surface area contributed by atoms with Gasteiger partial charge in [-0.1, -0.05) is 20.4 Å². The molecule has 0 radical (unpaired) electrons. The molecule has 3 heteroatoms. The molecule has 0 aromatic carbocycles. The molecule has 1 heterocycles. The molecule has 0 spiro atoms. The zero-order chi connectivity index (χ0) is 8.69. The topological polar surface area (TPSA) is 38.5 Å². The molecule has 1 saturated heterocycles. The van der Waals surface area contributed by atoms with Gasteiger partial charge >= 0.3 is 0 Å². The molecule has 0 unspecified atom stereocenters. The van der Waals surface area contributed by atoms with E-state index in [0.29, 0.717) is 5.82 Å². The number of nitrogens with two attached hydrogens (primary N) is 1. The van der Waals surface area contributed by atoms with Gasteiger partial charge in [-0.15, -0.1) is 0 Å². The van der Waals surface area contributed by atoms with E-state index in [-0.39, 0.29) is 0 Å². The van der Waals surface area contributed by atoms with E-state index in [9.17, 15) is 0 Å². The predicted molar refractivity (Wildman–Crippen MR) is 47.1 cm³/mol. The SMILES string of the molecule is C=C(N)N1CCOCC1.CC. The van der Waals surface area contributed by atoms with Crippen LogP contribution < -0.4 is 5.73 Å². The second-order valence-electron chi connectivity index (χ2n) is 2.09. The predicted octanol–water partition coefficient (Wildman–Crippen LogP) is 0.775. The van der Waals surface area contributed by atoms with Crippen molar-refractivity contribution in [2.75, 3.05) is 26.3 Å². The lowest BCUT2D eigenvalue weighted by molar-refractivity contribution is 0.0532. The molecule has 1 rings (SSSR count).